The highest BCUT2D eigenvalue weighted by Crippen LogP contribution is 2.28. The first kappa shape index (κ1) is 14.1. The second kappa shape index (κ2) is 7.36. The number of hydrogen-bond donors (Lipinski definition) is 1. The molecule has 0 amide bonds. The molecule has 0 aliphatic carbocycles. The van der Waals surface area contributed by atoms with Crippen LogP contribution in [0.5, 0.6) is 0 Å². The number of hydrogen-bond acceptors (Lipinski definition) is 2. The lowest BCUT2D eigenvalue weighted by Crippen LogP contribution is -2.04. The first-order chi connectivity index (χ1) is 7.63. The average Bonchev–Trinajstić information content (AvgIpc) is 2.21. The van der Waals surface area contributed by atoms with E-state index in [2.05, 4.69) is 48.0 Å². The summed E-state index contributed by atoms with van der Waals surface area (Å²) in [6.07, 6.45) is 2.23. The van der Waals surface area contributed by atoms with E-state index in [0.717, 1.165) is 23.4 Å². The zero-order valence-electron chi connectivity index (χ0n) is 10.0. The molecular weight excluding hydrogens is 282 g/mol. The summed E-state index contributed by atoms with van der Waals surface area (Å²) in [4.78, 5) is 1.38. The third-order valence-electron chi connectivity index (χ3n) is 2.40. The van der Waals surface area contributed by atoms with Gasteiger partial charge in [-0.15, -0.1) is 11.8 Å². The molecule has 1 rings (SSSR count). The van der Waals surface area contributed by atoms with E-state index in [1.54, 1.807) is 0 Å². The van der Waals surface area contributed by atoms with E-state index in [-0.39, 0.29) is 0 Å². The fourth-order valence-electron chi connectivity index (χ4n) is 1.43. The number of halogens is 1. The van der Waals surface area contributed by atoms with Crippen molar-refractivity contribution in [2.45, 2.75) is 31.6 Å². The van der Waals surface area contributed by atoms with Gasteiger partial charge < -0.3 is 5.73 Å². The Balaban J connectivity index is 2.64. The Hall–Kier alpha value is 0.01000. The molecular formula is C13H20BrNS. The Bertz CT molecular complexity index is 326. The highest BCUT2D eigenvalue weighted by Gasteiger charge is 2.04. The zero-order chi connectivity index (χ0) is 12.0. The Labute approximate surface area is 111 Å². The summed E-state index contributed by atoms with van der Waals surface area (Å²) in [5.74, 6) is 1.96. The van der Waals surface area contributed by atoms with Crippen molar-refractivity contribution in [1.82, 2.24) is 0 Å². The summed E-state index contributed by atoms with van der Waals surface area (Å²) < 4.78 is 1.15. The van der Waals surface area contributed by atoms with Crippen LogP contribution in [0.25, 0.3) is 0 Å². The van der Waals surface area contributed by atoms with Crippen LogP contribution in [-0.2, 0) is 6.42 Å². The van der Waals surface area contributed by atoms with Gasteiger partial charge in [-0.25, -0.2) is 0 Å². The van der Waals surface area contributed by atoms with Gasteiger partial charge in [-0.1, -0.05) is 35.8 Å². The molecule has 16 heavy (non-hydrogen) atoms. The van der Waals surface area contributed by atoms with Crippen molar-refractivity contribution < 1.29 is 0 Å². The first-order valence-corrected chi connectivity index (χ1v) is 7.52. The molecule has 0 atom stereocenters. The average molecular weight is 302 g/mol. The molecule has 0 radical (unpaired) electrons. The summed E-state index contributed by atoms with van der Waals surface area (Å²) in [5.41, 5.74) is 7.00. The van der Waals surface area contributed by atoms with E-state index in [9.17, 15) is 0 Å². The Morgan fingerprint density at radius 1 is 1.38 bits per heavy atom. The Morgan fingerprint density at radius 2 is 2.12 bits per heavy atom. The molecule has 0 bridgehead atoms. The largest absolute Gasteiger partial charge is 0.330 e. The van der Waals surface area contributed by atoms with Crippen molar-refractivity contribution in [1.29, 1.82) is 0 Å². The lowest BCUT2D eigenvalue weighted by molar-refractivity contribution is 0.632. The molecule has 3 heteroatoms. The second-order valence-corrected chi connectivity index (χ2v) is 6.37. The molecule has 0 saturated carbocycles. The van der Waals surface area contributed by atoms with E-state index in [0.29, 0.717) is 0 Å². The maximum absolute atomic E-state index is 5.62. The molecule has 0 fully saturated rings. The minimum Gasteiger partial charge on any atom is -0.330 e. The quantitative estimate of drug-likeness (QED) is 0.801. The third-order valence-corrected chi connectivity index (χ3v) is 4.02. The standard InChI is InChI=1S/C13H20BrNS/c1-10(2)6-8-16-13-9-12(14)4-3-11(13)5-7-15/h3-4,9-10H,5-8,15H2,1-2H3. The van der Waals surface area contributed by atoms with Gasteiger partial charge in [0.1, 0.15) is 0 Å². The normalized spacial score (nSPS) is 11.1. The Morgan fingerprint density at radius 3 is 2.75 bits per heavy atom. The topological polar surface area (TPSA) is 26.0 Å². The van der Waals surface area contributed by atoms with Crippen LogP contribution in [0.1, 0.15) is 25.8 Å². The van der Waals surface area contributed by atoms with Crippen LogP contribution >= 0.6 is 27.7 Å². The van der Waals surface area contributed by atoms with Crippen LogP contribution < -0.4 is 5.73 Å². The van der Waals surface area contributed by atoms with Crippen LogP contribution in [0.2, 0.25) is 0 Å². The van der Waals surface area contributed by atoms with Gasteiger partial charge in [0.15, 0.2) is 0 Å². The van der Waals surface area contributed by atoms with Gasteiger partial charge in [-0.3, -0.25) is 0 Å². The molecule has 0 aliphatic rings. The number of rotatable bonds is 6. The minimum atomic E-state index is 0.722. The van der Waals surface area contributed by atoms with Crippen LogP contribution in [0.4, 0.5) is 0 Å². The van der Waals surface area contributed by atoms with Gasteiger partial charge in [0.25, 0.3) is 0 Å². The van der Waals surface area contributed by atoms with Gasteiger partial charge in [-0.2, -0.15) is 0 Å². The van der Waals surface area contributed by atoms with Gasteiger partial charge in [0, 0.05) is 9.37 Å². The predicted molar refractivity (Wildman–Crippen MR) is 77.1 cm³/mol. The smallest absolute Gasteiger partial charge is 0.0186 e. The zero-order valence-corrected chi connectivity index (χ0v) is 12.4. The van der Waals surface area contributed by atoms with Crippen molar-refractivity contribution in [2.75, 3.05) is 12.3 Å². The summed E-state index contributed by atoms with van der Waals surface area (Å²) >= 11 is 5.47. The summed E-state index contributed by atoms with van der Waals surface area (Å²) in [6, 6.07) is 6.47. The fraction of sp³-hybridized carbons (Fsp3) is 0.538. The SMILES string of the molecule is CC(C)CCSc1cc(Br)ccc1CCN. The highest BCUT2D eigenvalue weighted by molar-refractivity contribution is 9.10. The maximum atomic E-state index is 5.62. The highest BCUT2D eigenvalue weighted by atomic mass is 79.9. The van der Waals surface area contributed by atoms with Crippen molar-refractivity contribution in [3.63, 3.8) is 0 Å². The molecule has 1 aromatic carbocycles. The lowest BCUT2D eigenvalue weighted by Gasteiger charge is -2.10. The molecule has 0 saturated heterocycles. The lowest BCUT2D eigenvalue weighted by atomic mass is 10.1. The monoisotopic (exact) mass is 301 g/mol. The summed E-state index contributed by atoms with van der Waals surface area (Å²) in [6.45, 7) is 5.25. The van der Waals surface area contributed by atoms with E-state index >= 15 is 0 Å². The van der Waals surface area contributed by atoms with Crippen LogP contribution in [0.15, 0.2) is 27.6 Å². The van der Waals surface area contributed by atoms with Crippen molar-refractivity contribution in [3.8, 4) is 0 Å². The van der Waals surface area contributed by atoms with Crippen molar-refractivity contribution in [3.05, 3.63) is 28.2 Å². The van der Waals surface area contributed by atoms with Gasteiger partial charge >= 0.3 is 0 Å². The fourth-order valence-corrected chi connectivity index (χ4v) is 3.32. The van der Waals surface area contributed by atoms with Gasteiger partial charge in [0.05, 0.1) is 0 Å². The van der Waals surface area contributed by atoms with E-state index in [1.807, 2.05) is 11.8 Å². The number of thioether (sulfide) groups is 1. The van der Waals surface area contributed by atoms with Crippen molar-refractivity contribution in [2.24, 2.45) is 11.7 Å². The summed E-state index contributed by atoms with van der Waals surface area (Å²) in [7, 11) is 0. The van der Waals surface area contributed by atoms with E-state index in [1.165, 1.54) is 22.6 Å². The molecule has 1 nitrogen and oxygen atoms in total. The molecule has 0 aromatic heterocycles. The van der Waals surface area contributed by atoms with Gasteiger partial charge in [-0.05, 0) is 48.8 Å². The predicted octanol–water partition coefficient (Wildman–Crippen LogP) is 4.09. The minimum absolute atomic E-state index is 0.722. The molecule has 1 aromatic rings. The molecule has 90 valence electrons. The van der Waals surface area contributed by atoms with Gasteiger partial charge in [0.2, 0.25) is 0 Å². The molecule has 0 aliphatic heterocycles. The summed E-state index contributed by atoms with van der Waals surface area (Å²) in [5, 5.41) is 0. The van der Waals surface area contributed by atoms with Crippen LogP contribution in [0, 0.1) is 5.92 Å². The maximum Gasteiger partial charge on any atom is 0.0186 e. The molecule has 2 N–H and O–H groups in total. The second-order valence-electron chi connectivity index (χ2n) is 4.32. The first-order valence-electron chi connectivity index (χ1n) is 5.74. The van der Waals surface area contributed by atoms with Crippen molar-refractivity contribution >= 4 is 27.7 Å². The third kappa shape index (κ3) is 4.89. The number of nitrogens with two attached hydrogens (primary N) is 1. The van der Waals surface area contributed by atoms with E-state index in [4.69, 9.17) is 5.73 Å². The number of benzene rings is 1. The molecule has 0 spiro atoms. The van der Waals surface area contributed by atoms with Crippen LogP contribution in [-0.4, -0.2) is 12.3 Å². The van der Waals surface area contributed by atoms with E-state index < -0.39 is 0 Å². The van der Waals surface area contributed by atoms with Crippen LogP contribution in [0.3, 0.4) is 0 Å². The molecule has 0 heterocycles. The Kier molecular flexibility index (Phi) is 6.47. The molecule has 0 unspecified atom stereocenters.